The molecule has 0 heterocycles. The molecule has 0 aliphatic heterocycles. The van der Waals surface area contributed by atoms with Gasteiger partial charge in [-0.25, -0.2) is 0 Å². The number of hydrogen-bond donors (Lipinski definition) is 0. The number of alkyl halides is 2. The Morgan fingerprint density at radius 1 is 0.275 bits per heavy atom. The lowest BCUT2D eigenvalue weighted by atomic mass is 9.64. The molecule has 0 aromatic carbocycles. The van der Waals surface area contributed by atoms with Crippen molar-refractivity contribution in [2.45, 2.75) is 193 Å². The zero-order chi connectivity index (χ0) is 28.1. The van der Waals surface area contributed by atoms with Crippen LogP contribution < -0.4 is 0 Å². The van der Waals surface area contributed by atoms with Gasteiger partial charge in [0.05, 0.1) is 13.3 Å². The minimum atomic E-state index is -0.127. The highest BCUT2D eigenvalue weighted by atomic mass is 19.1. The molecule has 0 nitrogen and oxygen atoms in total. The second-order valence-electron chi connectivity index (χ2n) is 14.8. The summed E-state index contributed by atoms with van der Waals surface area (Å²) in [6.45, 7) is -0.253. The van der Waals surface area contributed by atoms with Crippen LogP contribution in [0.1, 0.15) is 193 Å². The average molecular weight is 565 g/mol. The van der Waals surface area contributed by atoms with E-state index >= 15 is 0 Å². The van der Waals surface area contributed by atoms with Crippen molar-refractivity contribution in [3.05, 3.63) is 0 Å². The summed E-state index contributed by atoms with van der Waals surface area (Å²) in [6.07, 6.45) is 41.6. The van der Waals surface area contributed by atoms with Crippen molar-refractivity contribution in [3.8, 4) is 0 Å². The van der Waals surface area contributed by atoms with Gasteiger partial charge < -0.3 is 0 Å². The molecule has 236 valence electrons. The molecule has 3 aliphatic rings. The van der Waals surface area contributed by atoms with Crippen LogP contribution in [0.2, 0.25) is 0 Å². The van der Waals surface area contributed by atoms with Crippen LogP contribution in [0, 0.1) is 35.5 Å². The Balaban J connectivity index is 1.14. The van der Waals surface area contributed by atoms with E-state index in [2.05, 4.69) is 0 Å². The lowest BCUT2D eigenvalue weighted by Crippen LogP contribution is -2.29. The van der Waals surface area contributed by atoms with E-state index < -0.39 is 0 Å². The van der Waals surface area contributed by atoms with Gasteiger partial charge in [-0.15, -0.1) is 0 Å². The molecule has 3 saturated carbocycles. The van der Waals surface area contributed by atoms with E-state index in [-0.39, 0.29) is 13.3 Å². The Kier molecular flexibility index (Phi) is 19.2. The van der Waals surface area contributed by atoms with E-state index in [4.69, 9.17) is 0 Å². The van der Waals surface area contributed by atoms with Crippen molar-refractivity contribution < 1.29 is 8.78 Å². The lowest BCUT2D eigenvalue weighted by molar-refractivity contribution is 0.102. The molecule has 0 aromatic heterocycles. The Labute approximate surface area is 250 Å². The zero-order valence-corrected chi connectivity index (χ0v) is 26.8. The first-order valence-corrected chi connectivity index (χ1v) is 18.9. The summed E-state index contributed by atoms with van der Waals surface area (Å²) >= 11 is 0. The van der Waals surface area contributed by atoms with Crippen molar-refractivity contribution >= 4 is 0 Å². The van der Waals surface area contributed by atoms with Gasteiger partial charge in [-0.1, -0.05) is 128 Å². The van der Waals surface area contributed by atoms with Gasteiger partial charge in [0.15, 0.2) is 0 Å². The van der Waals surface area contributed by atoms with Gasteiger partial charge in [0.1, 0.15) is 0 Å². The summed E-state index contributed by atoms with van der Waals surface area (Å²) in [5.41, 5.74) is 0. The Morgan fingerprint density at radius 2 is 0.500 bits per heavy atom. The Morgan fingerprint density at radius 3 is 0.775 bits per heavy atom. The van der Waals surface area contributed by atoms with E-state index in [0.29, 0.717) is 0 Å². The average Bonchev–Trinajstić information content (AvgIpc) is 3.00. The fraction of sp³-hybridized carbons (Fsp3) is 1.00. The van der Waals surface area contributed by atoms with Gasteiger partial charge >= 0.3 is 0 Å². The number of hydrogen-bond acceptors (Lipinski definition) is 0. The normalized spacial score (nSPS) is 29.6. The molecule has 0 bridgehead atoms. The van der Waals surface area contributed by atoms with Gasteiger partial charge in [-0.3, -0.25) is 8.78 Å². The van der Waals surface area contributed by atoms with Gasteiger partial charge in [-0.2, -0.15) is 0 Å². The van der Waals surface area contributed by atoms with Gasteiger partial charge in [0.25, 0.3) is 0 Å². The largest absolute Gasteiger partial charge is 0.251 e. The third kappa shape index (κ3) is 14.4. The van der Waals surface area contributed by atoms with Crippen molar-refractivity contribution in [2.24, 2.45) is 35.5 Å². The van der Waals surface area contributed by atoms with E-state index in [1.807, 2.05) is 0 Å². The highest BCUT2D eigenvalue weighted by Crippen LogP contribution is 2.46. The first-order chi connectivity index (χ1) is 19.8. The maximum atomic E-state index is 12.1. The van der Waals surface area contributed by atoms with Crippen LogP contribution in [0.4, 0.5) is 8.78 Å². The molecule has 0 radical (unpaired) electrons. The molecule has 0 amide bonds. The minimum absolute atomic E-state index is 0.127. The standard InChI is InChI=1S/C38H70F2/c39-31-15-11-7-3-1-5-9-13-17-33-19-23-35(24-20-33)37-27-29-38(30-28-37)36-25-21-34(22-26-36)18-14-10-6-2-4-8-12-16-32-40/h33-38H,1-32H2. The van der Waals surface area contributed by atoms with Crippen LogP contribution in [-0.4, -0.2) is 13.3 Å². The van der Waals surface area contributed by atoms with Crippen LogP contribution in [0.5, 0.6) is 0 Å². The Hall–Kier alpha value is -0.140. The third-order valence-electron chi connectivity index (χ3n) is 11.9. The van der Waals surface area contributed by atoms with Gasteiger partial charge in [0.2, 0.25) is 0 Å². The van der Waals surface area contributed by atoms with Crippen LogP contribution in [-0.2, 0) is 0 Å². The predicted octanol–water partition coefficient (Wildman–Crippen LogP) is 13.4. The van der Waals surface area contributed by atoms with Crippen LogP contribution in [0.3, 0.4) is 0 Å². The molecule has 0 N–H and O–H groups in total. The van der Waals surface area contributed by atoms with E-state index in [1.54, 1.807) is 51.4 Å². The van der Waals surface area contributed by atoms with Crippen molar-refractivity contribution in [1.82, 2.24) is 0 Å². The van der Waals surface area contributed by atoms with E-state index in [0.717, 1.165) is 61.2 Å². The number of rotatable bonds is 22. The predicted molar refractivity (Wildman–Crippen MR) is 171 cm³/mol. The number of halogens is 2. The zero-order valence-electron chi connectivity index (χ0n) is 26.8. The summed E-state index contributed by atoms with van der Waals surface area (Å²) in [5, 5.41) is 0. The van der Waals surface area contributed by atoms with Crippen LogP contribution >= 0.6 is 0 Å². The molecule has 0 spiro atoms. The van der Waals surface area contributed by atoms with E-state index in [1.165, 1.54) is 116 Å². The fourth-order valence-electron chi connectivity index (χ4n) is 9.16. The molecule has 0 atom stereocenters. The van der Waals surface area contributed by atoms with E-state index in [9.17, 15) is 8.78 Å². The summed E-state index contributed by atoms with van der Waals surface area (Å²) < 4.78 is 24.3. The maximum absolute atomic E-state index is 12.1. The first kappa shape index (κ1) is 34.4. The quantitative estimate of drug-likeness (QED) is 0.115. The fourth-order valence-corrected chi connectivity index (χ4v) is 9.16. The highest BCUT2D eigenvalue weighted by molar-refractivity contribution is 4.86. The molecule has 3 fully saturated rings. The molecule has 2 heteroatoms. The molecule has 0 aromatic rings. The van der Waals surface area contributed by atoms with Crippen molar-refractivity contribution in [2.75, 3.05) is 13.3 Å². The second kappa shape index (κ2) is 22.4. The third-order valence-corrected chi connectivity index (χ3v) is 11.9. The highest BCUT2D eigenvalue weighted by Gasteiger charge is 2.34. The molecule has 3 aliphatic carbocycles. The molecule has 3 rings (SSSR count). The number of unbranched alkanes of at least 4 members (excludes halogenated alkanes) is 14. The molecule has 40 heavy (non-hydrogen) atoms. The van der Waals surface area contributed by atoms with Gasteiger partial charge in [-0.05, 0) is 99.7 Å². The summed E-state index contributed by atoms with van der Waals surface area (Å²) in [7, 11) is 0. The first-order valence-electron chi connectivity index (χ1n) is 18.9. The monoisotopic (exact) mass is 565 g/mol. The van der Waals surface area contributed by atoms with Crippen molar-refractivity contribution in [1.29, 1.82) is 0 Å². The van der Waals surface area contributed by atoms with Crippen molar-refractivity contribution in [3.63, 3.8) is 0 Å². The van der Waals surface area contributed by atoms with Crippen LogP contribution in [0.25, 0.3) is 0 Å². The lowest BCUT2D eigenvalue weighted by Gasteiger charge is -2.41. The molecule has 0 saturated heterocycles. The second-order valence-corrected chi connectivity index (χ2v) is 14.8. The molecular formula is C38H70F2. The van der Waals surface area contributed by atoms with Crippen LogP contribution in [0.15, 0.2) is 0 Å². The van der Waals surface area contributed by atoms with Gasteiger partial charge in [0, 0.05) is 0 Å². The summed E-state index contributed by atoms with van der Waals surface area (Å²) in [4.78, 5) is 0. The smallest absolute Gasteiger partial charge is 0.0894 e. The molecular weight excluding hydrogens is 494 g/mol. The summed E-state index contributed by atoms with van der Waals surface area (Å²) in [5.74, 6) is 6.32. The Bertz CT molecular complexity index is 502. The maximum Gasteiger partial charge on any atom is 0.0894 e. The minimum Gasteiger partial charge on any atom is -0.251 e. The summed E-state index contributed by atoms with van der Waals surface area (Å²) in [6, 6.07) is 0. The SMILES string of the molecule is FCCCCCCCCCCC1CCC(C2CCC(C3CCC(CCCCCCCCCCF)CC3)CC2)CC1. The topological polar surface area (TPSA) is 0 Å². The molecule has 0 unspecified atom stereocenters.